The van der Waals surface area contributed by atoms with E-state index in [4.69, 9.17) is 101 Å². The first-order valence-electron chi connectivity index (χ1n) is 28.6. The van der Waals surface area contributed by atoms with E-state index in [2.05, 4.69) is 92.2 Å². The van der Waals surface area contributed by atoms with Crippen LogP contribution in [0.5, 0.6) is 0 Å². The van der Waals surface area contributed by atoms with Gasteiger partial charge in [0, 0.05) is 32.8 Å². The van der Waals surface area contributed by atoms with E-state index in [-0.39, 0.29) is 61.2 Å². The number of amides is 1. The molecule has 10 atom stereocenters. The van der Waals surface area contributed by atoms with Gasteiger partial charge in [0.15, 0.2) is 34.7 Å². The van der Waals surface area contributed by atoms with Gasteiger partial charge in [0.25, 0.3) is 5.91 Å². The zero-order valence-corrected chi connectivity index (χ0v) is 57.0. The van der Waals surface area contributed by atoms with Gasteiger partial charge >= 0.3 is 19.4 Å². The van der Waals surface area contributed by atoms with Crippen LogP contribution in [0.2, 0.25) is 61.9 Å². The third-order valence-corrected chi connectivity index (χ3v) is 31.2. The number of rotatable bonds is 16. The fourth-order valence-corrected chi connectivity index (χ4v) is 16.8. The van der Waals surface area contributed by atoms with E-state index in [0.717, 1.165) is 11.6 Å². The first-order chi connectivity index (χ1) is 39.3. The summed E-state index contributed by atoms with van der Waals surface area (Å²) in [6, 6.07) is 9.97. The van der Waals surface area contributed by atoms with Crippen molar-refractivity contribution in [1.29, 1.82) is 0 Å². The van der Waals surface area contributed by atoms with Crippen molar-refractivity contribution < 1.29 is 60.2 Å². The number of imidazole rings is 1. The maximum Gasteiger partial charge on any atom is 0.328 e. The maximum atomic E-state index is 14.2. The molecule has 1 amide bonds. The molecule has 8 heterocycles. The Labute approximate surface area is 505 Å². The Balaban J connectivity index is 1.12. The summed E-state index contributed by atoms with van der Waals surface area (Å²) in [6.07, 6.45) is -1.90. The lowest BCUT2D eigenvalue weighted by molar-refractivity contribution is -0.143. The van der Waals surface area contributed by atoms with Crippen molar-refractivity contribution >= 4 is 102 Å². The van der Waals surface area contributed by atoms with Crippen LogP contribution in [-0.2, 0) is 86.9 Å². The number of aryl methyl sites for hydroxylation is 3. The molecule has 1 aromatic carbocycles. The van der Waals surface area contributed by atoms with Crippen molar-refractivity contribution in [2.75, 3.05) is 44.4 Å². The zero-order chi connectivity index (χ0) is 61.0. The number of carbonyl (C=O) groups excluding carboxylic acids is 2. The van der Waals surface area contributed by atoms with Crippen LogP contribution in [0.3, 0.4) is 0 Å². The Morgan fingerprint density at radius 2 is 1.51 bits per heavy atom. The summed E-state index contributed by atoms with van der Waals surface area (Å²) in [5.41, 5.74) is 3.36. The smallest absolute Gasteiger partial charge is 0.328 e. The number of aromatic nitrogens is 7. The minimum absolute atomic E-state index is 0.0576. The van der Waals surface area contributed by atoms with Crippen LogP contribution in [0.25, 0.3) is 27.0 Å². The van der Waals surface area contributed by atoms with E-state index in [1.807, 2.05) is 35.9 Å². The molecule has 2 bridgehead atoms. The van der Waals surface area contributed by atoms with E-state index in [9.17, 15) is 14.5 Å². The number of benzene rings is 1. The molecule has 0 saturated carbocycles. The molecule has 29 heteroatoms. The molecule has 9 rings (SSSR count). The van der Waals surface area contributed by atoms with E-state index >= 15 is 0 Å². The molecule has 0 aliphatic carbocycles. The molecule has 4 aromatic heterocycles. The summed E-state index contributed by atoms with van der Waals surface area (Å²) in [5.74, 6) is 0.341. The van der Waals surface area contributed by atoms with Crippen molar-refractivity contribution in [2.45, 2.75) is 185 Å². The second-order valence-electron chi connectivity index (χ2n) is 26.1. The fraction of sp³-hybridized carbons (Fsp3) is 0.636. The molecule has 0 radical (unpaired) electrons. The van der Waals surface area contributed by atoms with Gasteiger partial charge < -0.3 is 50.9 Å². The Kier molecular flexibility index (Phi) is 19.4. The van der Waals surface area contributed by atoms with Gasteiger partial charge in [-0.2, -0.15) is 0 Å². The Morgan fingerprint density at radius 3 is 2.19 bits per heavy atom. The zero-order valence-electron chi connectivity index (χ0n) is 50.6. The monoisotopic (exact) mass is 1290 g/mol. The predicted octanol–water partition coefficient (Wildman–Crippen LogP) is 10.8. The molecule has 22 nitrogen and oxygen atoms in total. The summed E-state index contributed by atoms with van der Waals surface area (Å²) < 4.78 is 71.8. The van der Waals surface area contributed by atoms with Gasteiger partial charge in [0.05, 0.1) is 43.6 Å². The topological polar surface area (TPSA) is 229 Å². The number of carbonyl (C=O) groups is 2. The highest BCUT2D eigenvalue weighted by Crippen LogP contribution is 2.58. The lowest BCUT2D eigenvalue weighted by Crippen LogP contribution is -2.50. The number of esters is 1. The van der Waals surface area contributed by atoms with E-state index < -0.39 is 87.2 Å². The molecule has 3 saturated heterocycles. The maximum absolute atomic E-state index is 14.2. The lowest BCUT2D eigenvalue weighted by Gasteiger charge is -2.41. The van der Waals surface area contributed by atoms with Gasteiger partial charge in [-0.05, 0) is 103 Å². The molecule has 2 unspecified atom stereocenters. The minimum atomic E-state index is -4.31. The number of nitrogens with zero attached hydrogens (tertiary/aromatic N) is 9. The number of anilines is 1. The number of ether oxygens (including phenoxy) is 3. The minimum Gasteiger partial charge on any atom is -0.466 e. The van der Waals surface area contributed by atoms with Crippen molar-refractivity contribution in [3.8, 4) is 0 Å². The van der Waals surface area contributed by atoms with Crippen LogP contribution >= 0.6 is 13.4 Å². The van der Waals surface area contributed by atoms with Crippen LogP contribution in [0.15, 0.2) is 49.2 Å². The molecular formula is C55H81N9O13P2S2Si3. The molecule has 5 aromatic rings. The second kappa shape index (κ2) is 25.1. The van der Waals surface area contributed by atoms with Crippen LogP contribution in [-0.4, -0.2) is 152 Å². The van der Waals surface area contributed by atoms with E-state index in [1.54, 1.807) is 27.9 Å². The molecule has 3 fully saturated rings. The Hall–Kier alpha value is -3.63. The standard InChI is InChI=1S/C55H81N9O13P2S2Si3/c1-35-43-50(61-40(60-35)23-24-41(65)68-28-29-82(9,10)11)64(34-59-43)52-46-45(76-83(12,13)54(2,3)4)39(73-52)31-70-78(67,80)74-44-38(32-71-79(81,75-46)69-27-25-56-8)72-53(47(44)77-84(14,15)55(5,6)7)63-30-37-22-19-26-62(48-42(37)49(63)58-33-57-48)51(66)36-20-17-16-18-21-36/h16-18,20-21,30,33-34,38-39,44-47,52-53H,19,22-29,31-32H2,1-7,9-15H3,(H,67,80)/t38-,39-,44-,45-,46-,47-,52-,53-,78?,79?/m1/s1. The Morgan fingerprint density at radius 1 is 0.833 bits per heavy atom. The fourth-order valence-electron chi connectivity index (χ4n) is 10.0. The highest BCUT2D eigenvalue weighted by Gasteiger charge is 2.57. The van der Waals surface area contributed by atoms with E-state index in [0.29, 0.717) is 71.1 Å². The summed E-state index contributed by atoms with van der Waals surface area (Å²) >= 11 is 12.5. The van der Waals surface area contributed by atoms with Crippen LogP contribution in [0.4, 0.5) is 5.82 Å². The molecule has 4 aliphatic rings. The van der Waals surface area contributed by atoms with Crippen molar-refractivity contribution in [1.82, 2.24) is 34.1 Å². The summed E-state index contributed by atoms with van der Waals surface area (Å²) in [7, 11) is -6.96. The van der Waals surface area contributed by atoms with E-state index in [1.165, 1.54) is 6.33 Å². The van der Waals surface area contributed by atoms with Gasteiger partial charge in [-0.1, -0.05) is 79.4 Å². The molecule has 1 N–H and O–H groups in total. The Bertz CT molecular complexity index is 3370. The van der Waals surface area contributed by atoms with Crippen molar-refractivity contribution in [3.05, 3.63) is 83.2 Å². The average Bonchev–Trinajstić information content (AvgIpc) is 3.13. The number of hydrogen-bond donors (Lipinski definition) is 1. The third-order valence-electron chi connectivity index (χ3n) is 16.7. The molecular weight excluding hydrogens is 1200 g/mol. The second-order valence-corrected chi connectivity index (χ2v) is 47.0. The van der Waals surface area contributed by atoms with Gasteiger partial charge in [-0.25, -0.2) is 31.5 Å². The van der Waals surface area contributed by atoms with Gasteiger partial charge in [-0.3, -0.25) is 28.1 Å². The van der Waals surface area contributed by atoms with Crippen LogP contribution < -0.4 is 4.90 Å². The largest absolute Gasteiger partial charge is 0.466 e. The first kappa shape index (κ1) is 64.8. The predicted molar refractivity (Wildman–Crippen MR) is 333 cm³/mol. The van der Waals surface area contributed by atoms with Crippen molar-refractivity contribution in [3.63, 3.8) is 0 Å². The summed E-state index contributed by atoms with van der Waals surface area (Å²) in [4.78, 5) is 69.0. The quantitative estimate of drug-likeness (QED) is 0.0318. The van der Waals surface area contributed by atoms with Crippen LogP contribution in [0.1, 0.15) is 94.3 Å². The summed E-state index contributed by atoms with van der Waals surface area (Å²) in [5, 5.41) is 0.0465. The van der Waals surface area contributed by atoms with Gasteiger partial charge in [0.1, 0.15) is 72.4 Å². The van der Waals surface area contributed by atoms with Gasteiger partial charge in [-0.15, -0.1) is 0 Å². The lowest BCUT2D eigenvalue weighted by atomic mass is 10.1. The van der Waals surface area contributed by atoms with Gasteiger partial charge in [0.2, 0.25) is 6.54 Å². The summed E-state index contributed by atoms with van der Waals surface area (Å²) in [6.45, 7) is 28.9. The van der Waals surface area contributed by atoms with Crippen molar-refractivity contribution in [2.24, 2.45) is 0 Å². The average molecular weight is 1290 g/mol. The first-order valence-corrected chi connectivity index (χ1v) is 43.3. The molecule has 458 valence electrons. The number of hydrogen-bond acceptors (Lipinski definition) is 19. The highest BCUT2D eigenvalue weighted by atomic mass is 32.5. The molecule has 84 heavy (non-hydrogen) atoms. The number of fused-ring (bicyclic) bond motifs is 4. The molecule has 4 aliphatic heterocycles. The molecule has 0 spiro atoms. The van der Waals surface area contributed by atoms with Crippen LogP contribution in [0, 0.1) is 13.5 Å². The SMILES string of the molecule is [C-]#[N+]CCOP1(=S)OC[C@H]2O[C@@H](n3cc4c5c(ncnc53)N(C(=O)c3ccccc3)CCC4)[C@H](O[Si](C)(C)C(C)(C)C)[C@@H]2OP(O)(=S)OC[C@H]2O[C@@H](n3cnc4c(C)nc(CCC(=O)OCC[Si](C)(C)C)nc43)[C@H](O1)[C@@H]2O[Si](C)(C)C(C)(C)C. The highest BCUT2D eigenvalue weighted by molar-refractivity contribution is 8.07. The third kappa shape index (κ3) is 14.3. The normalized spacial score (nSPS) is 27.4.